The summed E-state index contributed by atoms with van der Waals surface area (Å²) in [5.74, 6) is 0.687. The predicted octanol–water partition coefficient (Wildman–Crippen LogP) is 3.94. The summed E-state index contributed by atoms with van der Waals surface area (Å²) < 4.78 is 46.2. The van der Waals surface area contributed by atoms with Crippen LogP contribution >= 0.6 is 23.4 Å². The Hall–Kier alpha value is -1.81. The monoisotopic (exact) mass is 500 g/mol. The van der Waals surface area contributed by atoms with E-state index in [0.29, 0.717) is 53.8 Å². The zero-order valence-corrected chi connectivity index (χ0v) is 20.1. The van der Waals surface area contributed by atoms with E-state index >= 15 is 0 Å². The van der Waals surface area contributed by atoms with Crippen molar-refractivity contribution < 1.29 is 22.3 Å². The standard InChI is InChI=1S/C22H26ClFN2O4S2/c1-30-17-7-9-18(10-8-17)32(28,29)26-12-3-4-16(14-26)22(27)25-11-13-31-15-19-20(23)5-2-6-21(19)24/h2,5-10,16H,3-4,11-15H2,1H3,(H,25,27)/t16-/m1/s1. The first-order chi connectivity index (χ1) is 15.3. The Kier molecular flexibility index (Phi) is 8.81. The lowest BCUT2D eigenvalue weighted by Gasteiger charge is -2.31. The summed E-state index contributed by atoms with van der Waals surface area (Å²) in [4.78, 5) is 12.8. The fourth-order valence-corrected chi connectivity index (χ4v) is 6.23. The molecule has 0 aromatic heterocycles. The minimum absolute atomic E-state index is 0.151. The van der Waals surface area contributed by atoms with E-state index in [0.717, 1.165) is 0 Å². The second-order valence-corrected chi connectivity index (χ2v) is 10.9. The molecule has 2 aromatic carbocycles. The van der Waals surface area contributed by atoms with Crippen LogP contribution in [0.25, 0.3) is 0 Å². The summed E-state index contributed by atoms with van der Waals surface area (Å²) in [6.07, 6.45) is 1.26. The van der Waals surface area contributed by atoms with Gasteiger partial charge in [-0.25, -0.2) is 12.8 Å². The number of amides is 1. The number of sulfonamides is 1. The highest BCUT2D eigenvalue weighted by atomic mass is 35.5. The number of methoxy groups -OCH3 is 1. The molecule has 0 aliphatic carbocycles. The van der Waals surface area contributed by atoms with Crippen molar-refractivity contribution in [3.63, 3.8) is 0 Å². The van der Waals surface area contributed by atoms with Gasteiger partial charge >= 0.3 is 0 Å². The molecule has 1 aliphatic rings. The zero-order valence-electron chi connectivity index (χ0n) is 17.7. The number of halogens is 2. The first kappa shape index (κ1) is 24.8. The third-order valence-electron chi connectivity index (χ3n) is 5.31. The van der Waals surface area contributed by atoms with Crippen LogP contribution in [0.4, 0.5) is 4.39 Å². The molecule has 6 nitrogen and oxygen atoms in total. The number of hydrogen-bond acceptors (Lipinski definition) is 5. The summed E-state index contributed by atoms with van der Waals surface area (Å²) in [5, 5.41) is 3.26. The van der Waals surface area contributed by atoms with E-state index in [1.807, 2.05) is 0 Å². The van der Waals surface area contributed by atoms with Crippen molar-refractivity contribution in [3.05, 3.63) is 58.9 Å². The molecule has 0 radical (unpaired) electrons. The molecule has 1 atom stereocenters. The molecule has 0 bridgehead atoms. The van der Waals surface area contributed by atoms with Gasteiger partial charge in [0.15, 0.2) is 0 Å². The van der Waals surface area contributed by atoms with Gasteiger partial charge in [0.2, 0.25) is 15.9 Å². The Morgan fingerprint density at radius 3 is 2.72 bits per heavy atom. The SMILES string of the molecule is COc1ccc(S(=O)(=O)N2CCC[C@@H](C(=O)NCCSCc3c(F)cccc3Cl)C2)cc1. The summed E-state index contributed by atoms with van der Waals surface area (Å²) in [6.45, 7) is 0.951. The molecule has 10 heteroatoms. The molecule has 0 saturated carbocycles. The van der Waals surface area contributed by atoms with Gasteiger partial charge < -0.3 is 10.1 Å². The molecular weight excluding hydrogens is 475 g/mol. The molecule has 1 saturated heterocycles. The molecule has 1 N–H and O–H groups in total. The number of carbonyl (C=O) groups excluding carboxylic acids is 1. The van der Waals surface area contributed by atoms with E-state index in [2.05, 4.69) is 5.32 Å². The summed E-state index contributed by atoms with van der Waals surface area (Å²) >= 11 is 7.49. The van der Waals surface area contributed by atoms with Gasteiger partial charge in [-0.2, -0.15) is 16.1 Å². The third kappa shape index (κ3) is 6.15. The van der Waals surface area contributed by atoms with Gasteiger partial charge in [0.05, 0.1) is 17.9 Å². The number of hydrogen-bond donors (Lipinski definition) is 1. The van der Waals surface area contributed by atoms with Gasteiger partial charge in [0.25, 0.3) is 0 Å². The number of piperidine rings is 1. The van der Waals surface area contributed by atoms with Crippen molar-refractivity contribution in [1.29, 1.82) is 0 Å². The highest BCUT2D eigenvalue weighted by molar-refractivity contribution is 7.98. The topological polar surface area (TPSA) is 75.7 Å². The van der Waals surface area contributed by atoms with E-state index < -0.39 is 15.9 Å². The summed E-state index contributed by atoms with van der Waals surface area (Å²) in [6, 6.07) is 10.8. The Labute approximate surface area is 197 Å². The lowest BCUT2D eigenvalue weighted by atomic mass is 9.99. The molecule has 174 valence electrons. The van der Waals surface area contributed by atoms with Crippen molar-refractivity contribution in [1.82, 2.24) is 9.62 Å². The predicted molar refractivity (Wildman–Crippen MR) is 125 cm³/mol. The number of carbonyl (C=O) groups is 1. The summed E-state index contributed by atoms with van der Waals surface area (Å²) in [5.41, 5.74) is 0.456. The minimum Gasteiger partial charge on any atom is -0.497 e. The molecule has 2 aromatic rings. The molecule has 0 unspecified atom stereocenters. The molecule has 1 amide bonds. The van der Waals surface area contributed by atoms with Crippen LogP contribution in [0.15, 0.2) is 47.4 Å². The first-order valence-corrected chi connectivity index (χ1v) is 13.2. The van der Waals surface area contributed by atoms with Crippen molar-refractivity contribution in [2.75, 3.05) is 32.5 Å². The molecular formula is C22H26ClFN2O4S2. The first-order valence-electron chi connectivity index (χ1n) is 10.3. The lowest BCUT2D eigenvalue weighted by molar-refractivity contribution is -0.125. The van der Waals surface area contributed by atoms with Crippen LogP contribution in [-0.4, -0.2) is 51.1 Å². The fourth-order valence-electron chi connectivity index (χ4n) is 3.51. The van der Waals surface area contributed by atoms with Gasteiger partial charge in [-0.3, -0.25) is 4.79 Å². The van der Waals surface area contributed by atoms with Gasteiger partial charge in [0.1, 0.15) is 11.6 Å². The maximum atomic E-state index is 13.8. The van der Waals surface area contributed by atoms with Gasteiger partial charge in [0, 0.05) is 41.7 Å². The highest BCUT2D eigenvalue weighted by Gasteiger charge is 2.33. The van der Waals surface area contributed by atoms with E-state index in [4.69, 9.17) is 16.3 Å². The highest BCUT2D eigenvalue weighted by Crippen LogP contribution is 2.26. The molecule has 1 heterocycles. The molecule has 3 rings (SSSR count). The van der Waals surface area contributed by atoms with Gasteiger partial charge in [-0.05, 0) is 49.2 Å². The summed E-state index contributed by atoms with van der Waals surface area (Å²) in [7, 11) is -2.16. The zero-order chi connectivity index (χ0) is 23.1. The second kappa shape index (κ2) is 11.4. The largest absolute Gasteiger partial charge is 0.497 e. The number of nitrogens with one attached hydrogen (secondary N) is 1. The fraction of sp³-hybridized carbons (Fsp3) is 0.409. The van der Waals surface area contributed by atoms with Crippen LogP contribution in [0.2, 0.25) is 5.02 Å². The van der Waals surface area contributed by atoms with E-state index in [1.165, 1.54) is 41.4 Å². The third-order valence-corrected chi connectivity index (χ3v) is 8.52. The Bertz CT molecular complexity index is 1010. The van der Waals surface area contributed by atoms with Crippen LogP contribution < -0.4 is 10.1 Å². The normalized spacial score (nSPS) is 17.2. The minimum atomic E-state index is -3.68. The van der Waals surface area contributed by atoms with E-state index in [-0.39, 0.29) is 23.2 Å². The number of thioether (sulfide) groups is 1. The Morgan fingerprint density at radius 1 is 1.28 bits per heavy atom. The van der Waals surface area contributed by atoms with Crippen LogP contribution in [0.3, 0.4) is 0 Å². The van der Waals surface area contributed by atoms with E-state index in [9.17, 15) is 17.6 Å². The molecule has 1 fully saturated rings. The Balaban J connectivity index is 1.48. The smallest absolute Gasteiger partial charge is 0.243 e. The van der Waals surface area contributed by atoms with Crippen LogP contribution in [0.1, 0.15) is 18.4 Å². The van der Waals surface area contributed by atoms with Crippen molar-refractivity contribution in [3.8, 4) is 5.75 Å². The van der Waals surface area contributed by atoms with Crippen molar-refractivity contribution in [2.24, 2.45) is 5.92 Å². The van der Waals surface area contributed by atoms with Gasteiger partial charge in [-0.1, -0.05) is 17.7 Å². The van der Waals surface area contributed by atoms with Crippen LogP contribution in [-0.2, 0) is 20.6 Å². The molecule has 1 aliphatic heterocycles. The Morgan fingerprint density at radius 2 is 2.03 bits per heavy atom. The average Bonchev–Trinajstić information content (AvgIpc) is 2.80. The molecule has 0 spiro atoms. The number of rotatable bonds is 9. The average molecular weight is 501 g/mol. The molecule has 32 heavy (non-hydrogen) atoms. The lowest BCUT2D eigenvalue weighted by Crippen LogP contribution is -2.45. The van der Waals surface area contributed by atoms with Crippen LogP contribution in [0, 0.1) is 11.7 Å². The number of nitrogens with zero attached hydrogens (tertiary/aromatic N) is 1. The van der Waals surface area contributed by atoms with Gasteiger partial charge in [-0.15, -0.1) is 0 Å². The van der Waals surface area contributed by atoms with Crippen molar-refractivity contribution >= 4 is 39.3 Å². The number of ether oxygens (including phenoxy) is 1. The van der Waals surface area contributed by atoms with Crippen molar-refractivity contribution in [2.45, 2.75) is 23.5 Å². The maximum absolute atomic E-state index is 13.8. The van der Waals surface area contributed by atoms with Crippen LogP contribution in [0.5, 0.6) is 5.75 Å². The quantitative estimate of drug-likeness (QED) is 0.528. The maximum Gasteiger partial charge on any atom is 0.243 e. The number of benzene rings is 2. The second-order valence-electron chi connectivity index (χ2n) is 7.42. The van der Waals surface area contributed by atoms with E-state index in [1.54, 1.807) is 24.3 Å².